The van der Waals surface area contributed by atoms with Gasteiger partial charge in [0.2, 0.25) is 0 Å². The number of aryl methyl sites for hydroxylation is 1. The Kier molecular flexibility index (Phi) is 4.10. The number of rotatable bonds is 3. The van der Waals surface area contributed by atoms with Gasteiger partial charge in [0, 0.05) is 41.3 Å². The lowest BCUT2D eigenvalue weighted by atomic mass is 9.91. The largest absolute Gasteiger partial charge is 0.325 e. The molecule has 0 aliphatic carbocycles. The highest BCUT2D eigenvalue weighted by Crippen LogP contribution is 2.36. The number of hydrogen-bond acceptors (Lipinski definition) is 5. The van der Waals surface area contributed by atoms with E-state index in [2.05, 4.69) is 9.97 Å². The standard InChI is InChI=1S/C18H12N4O3/c1-11-16(12-5-7-20-8-6-12)17(15(10-19)18(23)21-11)13-3-2-4-14(9-13)22(24)25/h2-9H,1H3,(H,21,23). The summed E-state index contributed by atoms with van der Waals surface area (Å²) in [5.74, 6) is 0. The van der Waals surface area contributed by atoms with Crippen LogP contribution in [-0.4, -0.2) is 14.9 Å². The fourth-order valence-electron chi connectivity index (χ4n) is 2.77. The maximum Gasteiger partial charge on any atom is 0.270 e. The molecule has 0 radical (unpaired) electrons. The third kappa shape index (κ3) is 2.88. The Labute approximate surface area is 142 Å². The summed E-state index contributed by atoms with van der Waals surface area (Å²) in [6.45, 7) is 1.72. The number of H-pyrrole nitrogens is 1. The Morgan fingerprint density at radius 2 is 1.88 bits per heavy atom. The summed E-state index contributed by atoms with van der Waals surface area (Å²) < 4.78 is 0. The molecule has 0 saturated carbocycles. The molecule has 0 aliphatic heterocycles. The number of aromatic amines is 1. The molecule has 0 saturated heterocycles. The van der Waals surface area contributed by atoms with Crippen molar-refractivity contribution in [1.82, 2.24) is 9.97 Å². The number of nitrogens with one attached hydrogen (secondary N) is 1. The molecule has 2 aromatic heterocycles. The minimum Gasteiger partial charge on any atom is -0.325 e. The normalized spacial score (nSPS) is 10.2. The molecule has 25 heavy (non-hydrogen) atoms. The highest BCUT2D eigenvalue weighted by atomic mass is 16.6. The van der Waals surface area contributed by atoms with Crippen LogP contribution >= 0.6 is 0 Å². The van der Waals surface area contributed by atoms with Crippen molar-refractivity contribution < 1.29 is 4.92 Å². The first-order chi connectivity index (χ1) is 12.0. The molecule has 1 N–H and O–H groups in total. The zero-order valence-electron chi connectivity index (χ0n) is 13.2. The third-order valence-corrected chi connectivity index (χ3v) is 3.83. The molecule has 0 atom stereocenters. The molecule has 7 heteroatoms. The van der Waals surface area contributed by atoms with Crippen molar-refractivity contribution in [2.24, 2.45) is 0 Å². The Balaban J connectivity index is 2.43. The first-order valence-corrected chi connectivity index (χ1v) is 7.35. The average molecular weight is 332 g/mol. The smallest absolute Gasteiger partial charge is 0.270 e. The van der Waals surface area contributed by atoms with Gasteiger partial charge in [-0.3, -0.25) is 19.9 Å². The summed E-state index contributed by atoms with van der Waals surface area (Å²) >= 11 is 0. The van der Waals surface area contributed by atoms with Gasteiger partial charge in [-0.1, -0.05) is 12.1 Å². The lowest BCUT2D eigenvalue weighted by Gasteiger charge is -2.14. The summed E-state index contributed by atoms with van der Waals surface area (Å²) in [6, 6.07) is 11.3. The molecular formula is C18H12N4O3. The van der Waals surface area contributed by atoms with E-state index in [-0.39, 0.29) is 11.3 Å². The number of nitriles is 1. The Bertz CT molecular complexity index is 1070. The number of nitro benzene ring substituents is 1. The quantitative estimate of drug-likeness (QED) is 0.584. The molecule has 3 aromatic rings. The number of nitro groups is 1. The number of hydrogen-bond donors (Lipinski definition) is 1. The van der Waals surface area contributed by atoms with E-state index < -0.39 is 10.5 Å². The molecule has 0 fully saturated rings. The number of benzene rings is 1. The van der Waals surface area contributed by atoms with Crippen LogP contribution < -0.4 is 5.56 Å². The van der Waals surface area contributed by atoms with E-state index >= 15 is 0 Å². The van der Waals surface area contributed by atoms with Crippen molar-refractivity contribution in [1.29, 1.82) is 5.26 Å². The van der Waals surface area contributed by atoms with Gasteiger partial charge in [0.15, 0.2) is 0 Å². The number of pyridine rings is 2. The predicted molar refractivity (Wildman–Crippen MR) is 91.8 cm³/mol. The van der Waals surface area contributed by atoms with Gasteiger partial charge in [-0.15, -0.1) is 0 Å². The molecule has 0 aliphatic rings. The van der Waals surface area contributed by atoms with Gasteiger partial charge >= 0.3 is 0 Å². The predicted octanol–water partition coefficient (Wildman–Crippen LogP) is 3.19. The summed E-state index contributed by atoms with van der Waals surface area (Å²) in [4.78, 5) is 29.5. The Hall–Kier alpha value is -3.79. The van der Waals surface area contributed by atoms with Crippen molar-refractivity contribution in [3.8, 4) is 28.3 Å². The summed E-state index contributed by atoms with van der Waals surface area (Å²) in [7, 11) is 0. The van der Waals surface area contributed by atoms with Crippen LogP contribution in [0.1, 0.15) is 11.3 Å². The zero-order chi connectivity index (χ0) is 18.0. The van der Waals surface area contributed by atoms with Crippen molar-refractivity contribution in [3.63, 3.8) is 0 Å². The van der Waals surface area contributed by atoms with Gasteiger partial charge in [-0.05, 0) is 30.2 Å². The van der Waals surface area contributed by atoms with E-state index in [1.807, 2.05) is 6.07 Å². The lowest BCUT2D eigenvalue weighted by Crippen LogP contribution is -2.15. The first kappa shape index (κ1) is 16.1. The van der Waals surface area contributed by atoms with Gasteiger partial charge in [0.05, 0.1) is 4.92 Å². The molecular weight excluding hydrogens is 320 g/mol. The molecule has 0 bridgehead atoms. The van der Waals surface area contributed by atoms with Crippen LogP contribution in [-0.2, 0) is 0 Å². The van der Waals surface area contributed by atoms with E-state index in [0.29, 0.717) is 22.4 Å². The molecule has 2 heterocycles. The van der Waals surface area contributed by atoms with Crippen LogP contribution in [0.4, 0.5) is 5.69 Å². The van der Waals surface area contributed by atoms with Crippen LogP contribution in [0.5, 0.6) is 0 Å². The number of nitrogens with zero attached hydrogens (tertiary/aromatic N) is 3. The van der Waals surface area contributed by atoms with E-state index in [9.17, 15) is 20.2 Å². The van der Waals surface area contributed by atoms with E-state index in [1.54, 1.807) is 37.5 Å². The molecule has 0 unspecified atom stereocenters. The van der Waals surface area contributed by atoms with Crippen LogP contribution in [0.15, 0.2) is 53.6 Å². The maximum absolute atomic E-state index is 12.2. The Morgan fingerprint density at radius 3 is 2.52 bits per heavy atom. The highest BCUT2D eigenvalue weighted by molar-refractivity contribution is 5.88. The van der Waals surface area contributed by atoms with Crippen molar-refractivity contribution in [3.05, 3.63) is 80.5 Å². The molecule has 0 spiro atoms. The second-order valence-corrected chi connectivity index (χ2v) is 5.36. The minimum atomic E-state index is -0.528. The second kappa shape index (κ2) is 6.37. The fourth-order valence-corrected chi connectivity index (χ4v) is 2.77. The second-order valence-electron chi connectivity index (χ2n) is 5.36. The zero-order valence-corrected chi connectivity index (χ0v) is 13.2. The minimum absolute atomic E-state index is 0.0853. The monoisotopic (exact) mass is 332 g/mol. The highest BCUT2D eigenvalue weighted by Gasteiger charge is 2.20. The summed E-state index contributed by atoms with van der Waals surface area (Å²) in [5.41, 5.74) is 2.04. The van der Waals surface area contributed by atoms with Gasteiger partial charge in [-0.2, -0.15) is 5.26 Å². The van der Waals surface area contributed by atoms with Crippen LogP contribution in [0.2, 0.25) is 0 Å². The lowest BCUT2D eigenvalue weighted by molar-refractivity contribution is -0.384. The van der Waals surface area contributed by atoms with Gasteiger partial charge in [-0.25, -0.2) is 0 Å². The Morgan fingerprint density at radius 1 is 1.16 bits per heavy atom. The van der Waals surface area contributed by atoms with E-state index in [0.717, 1.165) is 5.56 Å². The number of aromatic nitrogens is 2. The summed E-state index contributed by atoms with van der Waals surface area (Å²) in [5, 5.41) is 20.6. The van der Waals surface area contributed by atoms with Gasteiger partial charge in [0.25, 0.3) is 11.2 Å². The fraction of sp³-hybridized carbons (Fsp3) is 0.0556. The maximum atomic E-state index is 12.2. The van der Waals surface area contributed by atoms with E-state index in [1.165, 1.54) is 18.2 Å². The van der Waals surface area contributed by atoms with Gasteiger partial charge in [0.1, 0.15) is 11.6 Å². The van der Waals surface area contributed by atoms with Crippen molar-refractivity contribution >= 4 is 5.69 Å². The molecule has 1 aromatic carbocycles. The SMILES string of the molecule is Cc1[nH]c(=O)c(C#N)c(-c2cccc([N+](=O)[O-])c2)c1-c1ccncc1. The van der Waals surface area contributed by atoms with Crippen LogP contribution in [0.3, 0.4) is 0 Å². The van der Waals surface area contributed by atoms with Gasteiger partial charge < -0.3 is 4.98 Å². The summed E-state index contributed by atoms with van der Waals surface area (Å²) in [6.07, 6.45) is 3.20. The number of non-ortho nitro benzene ring substituents is 1. The van der Waals surface area contributed by atoms with Crippen LogP contribution in [0, 0.1) is 28.4 Å². The molecule has 0 amide bonds. The average Bonchev–Trinajstić information content (AvgIpc) is 2.62. The van der Waals surface area contributed by atoms with E-state index in [4.69, 9.17) is 0 Å². The van der Waals surface area contributed by atoms with Crippen molar-refractivity contribution in [2.45, 2.75) is 6.92 Å². The van der Waals surface area contributed by atoms with Crippen molar-refractivity contribution in [2.75, 3.05) is 0 Å². The third-order valence-electron chi connectivity index (χ3n) is 3.83. The molecule has 7 nitrogen and oxygen atoms in total. The topological polar surface area (TPSA) is 113 Å². The molecule has 122 valence electrons. The molecule has 3 rings (SSSR count). The first-order valence-electron chi connectivity index (χ1n) is 7.35. The van der Waals surface area contributed by atoms with Crippen LogP contribution in [0.25, 0.3) is 22.3 Å².